The molecule has 0 amide bonds. The lowest BCUT2D eigenvalue weighted by Gasteiger charge is -2.15. The third-order valence-corrected chi connectivity index (χ3v) is 5.36. The average molecular weight is 373 g/mol. The zero-order valence-corrected chi connectivity index (χ0v) is 15.0. The number of hydrogen-bond donors (Lipinski definition) is 3. The van der Waals surface area contributed by atoms with E-state index in [0.29, 0.717) is 5.75 Å². The highest BCUT2D eigenvalue weighted by molar-refractivity contribution is 8.14. The molecule has 2 heterocycles. The summed E-state index contributed by atoms with van der Waals surface area (Å²) in [5, 5.41) is 15.2. The van der Waals surface area contributed by atoms with Crippen LogP contribution < -0.4 is 11.0 Å². The molecular weight excluding hydrogens is 358 g/mol. The van der Waals surface area contributed by atoms with Crippen molar-refractivity contribution in [2.45, 2.75) is 0 Å². The van der Waals surface area contributed by atoms with Crippen molar-refractivity contribution >= 4 is 50.1 Å². The predicted molar refractivity (Wildman–Crippen MR) is 113 cm³/mol. The van der Waals surface area contributed by atoms with Crippen LogP contribution in [0.3, 0.4) is 0 Å². The number of imidazole rings is 1. The lowest BCUT2D eigenvalue weighted by molar-refractivity contribution is 1.21. The maximum absolute atomic E-state index is 11.4. The van der Waals surface area contributed by atoms with Crippen LogP contribution in [0.2, 0.25) is 0 Å². The van der Waals surface area contributed by atoms with E-state index in [1.54, 1.807) is 11.8 Å². The standard InChI is InChI=1S/C20H15N5OS/c26-19-21-16-9-8-13(10-17(16)22-19)18-11-27-20(25-24-18)23-15-7-3-5-12-4-1-2-6-14(12)15/h1-10H,11H2,(H,23,25)(H2,21,22,26). The first-order chi connectivity index (χ1) is 13.3. The number of thioether (sulfide) groups is 1. The van der Waals surface area contributed by atoms with Crippen LogP contribution in [0.15, 0.2) is 75.7 Å². The number of anilines is 1. The largest absolute Gasteiger partial charge is 0.333 e. The summed E-state index contributed by atoms with van der Waals surface area (Å²) in [4.78, 5) is 16.9. The SMILES string of the molecule is O=c1[nH]c2ccc(C3=NN=C(Nc4cccc5ccccc45)SC3)cc2[nH]1. The molecule has 27 heavy (non-hydrogen) atoms. The zero-order valence-electron chi connectivity index (χ0n) is 14.2. The summed E-state index contributed by atoms with van der Waals surface area (Å²) in [7, 11) is 0. The van der Waals surface area contributed by atoms with Gasteiger partial charge < -0.3 is 15.3 Å². The fourth-order valence-corrected chi connectivity index (χ4v) is 3.94. The van der Waals surface area contributed by atoms with Crippen molar-refractivity contribution in [2.75, 3.05) is 11.1 Å². The molecule has 1 aliphatic heterocycles. The number of nitrogens with one attached hydrogen (secondary N) is 3. The minimum atomic E-state index is -0.207. The van der Waals surface area contributed by atoms with E-state index in [-0.39, 0.29) is 5.69 Å². The van der Waals surface area contributed by atoms with Crippen LogP contribution in [0, 0.1) is 0 Å². The van der Waals surface area contributed by atoms with E-state index in [2.05, 4.69) is 43.7 Å². The Morgan fingerprint density at radius 2 is 1.78 bits per heavy atom. The molecule has 0 saturated heterocycles. The Balaban J connectivity index is 1.43. The Morgan fingerprint density at radius 3 is 2.67 bits per heavy atom. The fourth-order valence-electron chi connectivity index (χ4n) is 3.16. The predicted octanol–water partition coefficient (Wildman–Crippen LogP) is 3.93. The zero-order chi connectivity index (χ0) is 18.2. The van der Waals surface area contributed by atoms with Crippen molar-refractivity contribution in [1.82, 2.24) is 9.97 Å². The number of aromatic nitrogens is 2. The van der Waals surface area contributed by atoms with Crippen molar-refractivity contribution in [2.24, 2.45) is 10.2 Å². The van der Waals surface area contributed by atoms with Crippen molar-refractivity contribution in [3.63, 3.8) is 0 Å². The number of fused-ring (bicyclic) bond motifs is 2. The number of rotatable bonds is 2. The van der Waals surface area contributed by atoms with Gasteiger partial charge in [0.15, 0.2) is 5.17 Å². The first-order valence-electron chi connectivity index (χ1n) is 8.51. The van der Waals surface area contributed by atoms with Gasteiger partial charge in [-0.2, -0.15) is 5.10 Å². The molecule has 1 aliphatic rings. The van der Waals surface area contributed by atoms with E-state index in [9.17, 15) is 4.79 Å². The summed E-state index contributed by atoms with van der Waals surface area (Å²) in [6.45, 7) is 0. The molecule has 0 spiro atoms. The Bertz CT molecular complexity index is 1280. The molecule has 7 heteroatoms. The number of amidine groups is 1. The Morgan fingerprint density at radius 1 is 0.926 bits per heavy atom. The van der Waals surface area contributed by atoms with Crippen molar-refractivity contribution in [3.05, 3.63) is 76.7 Å². The van der Waals surface area contributed by atoms with Crippen LogP contribution in [0.1, 0.15) is 5.56 Å². The van der Waals surface area contributed by atoms with Crippen molar-refractivity contribution in [3.8, 4) is 0 Å². The highest BCUT2D eigenvalue weighted by atomic mass is 32.2. The molecular formula is C20H15N5OS. The average Bonchev–Trinajstić information content (AvgIpc) is 3.08. The number of benzene rings is 3. The highest BCUT2D eigenvalue weighted by Gasteiger charge is 2.14. The van der Waals surface area contributed by atoms with Gasteiger partial charge in [-0.05, 0) is 23.6 Å². The van der Waals surface area contributed by atoms with Gasteiger partial charge in [0, 0.05) is 22.4 Å². The van der Waals surface area contributed by atoms with E-state index in [1.807, 2.05) is 42.5 Å². The first kappa shape index (κ1) is 15.9. The maximum atomic E-state index is 11.4. The third-order valence-electron chi connectivity index (χ3n) is 4.49. The summed E-state index contributed by atoms with van der Waals surface area (Å²) in [6.07, 6.45) is 0. The molecule has 0 radical (unpaired) electrons. The van der Waals surface area contributed by atoms with Crippen LogP contribution in [-0.4, -0.2) is 26.6 Å². The topological polar surface area (TPSA) is 85.4 Å². The van der Waals surface area contributed by atoms with Gasteiger partial charge in [0.05, 0.1) is 16.7 Å². The molecule has 3 N–H and O–H groups in total. The minimum Gasteiger partial charge on any atom is -0.333 e. The number of hydrogen-bond acceptors (Lipinski definition) is 5. The van der Waals surface area contributed by atoms with Crippen molar-refractivity contribution in [1.29, 1.82) is 0 Å². The summed E-state index contributed by atoms with van der Waals surface area (Å²) in [5.41, 5.74) is 4.21. The minimum absolute atomic E-state index is 0.207. The van der Waals surface area contributed by atoms with Gasteiger partial charge in [0.2, 0.25) is 0 Å². The number of aromatic amines is 2. The van der Waals surface area contributed by atoms with Gasteiger partial charge in [-0.3, -0.25) is 0 Å². The lowest BCUT2D eigenvalue weighted by atomic mass is 10.1. The molecule has 1 aromatic heterocycles. The molecule has 0 fully saturated rings. The van der Waals surface area contributed by atoms with E-state index >= 15 is 0 Å². The summed E-state index contributed by atoms with van der Waals surface area (Å²) < 4.78 is 0. The van der Waals surface area contributed by atoms with Gasteiger partial charge in [0.25, 0.3) is 0 Å². The number of H-pyrrole nitrogens is 2. The molecule has 0 atom stereocenters. The van der Waals surface area contributed by atoms with Gasteiger partial charge in [-0.1, -0.05) is 54.2 Å². The molecule has 5 rings (SSSR count). The van der Waals surface area contributed by atoms with E-state index in [1.165, 1.54) is 5.39 Å². The van der Waals surface area contributed by atoms with Gasteiger partial charge in [-0.15, -0.1) is 5.10 Å². The van der Waals surface area contributed by atoms with E-state index < -0.39 is 0 Å². The molecule has 0 saturated carbocycles. The van der Waals surface area contributed by atoms with Gasteiger partial charge >= 0.3 is 5.69 Å². The number of nitrogens with zero attached hydrogens (tertiary/aromatic N) is 2. The van der Waals surface area contributed by atoms with Crippen LogP contribution in [0.4, 0.5) is 5.69 Å². The molecule has 4 aromatic rings. The van der Waals surface area contributed by atoms with Gasteiger partial charge in [-0.25, -0.2) is 4.79 Å². The Kier molecular flexibility index (Phi) is 3.79. The summed E-state index contributed by atoms with van der Waals surface area (Å²) >= 11 is 1.61. The second kappa shape index (κ2) is 6.44. The monoisotopic (exact) mass is 373 g/mol. The first-order valence-corrected chi connectivity index (χ1v) is 9.49. The van der Waals surface area contributed by atoms with Crippen LogP contribution >= 0.6 is 11.8 Å². The summed E-state index contributed by atoms with van der Waals surface area (Å²) in [5.74, 6) is 0.705. The van der Waals surface area contributed by atoms with Crippen LogP contribution in [0.5, 0.6) is 0 Å². The maximum Gasteiger partial charge on any atom is 0.323 e. The second-order valence-corrected chi connectivity index (χ2v) is 7.20. The fraction of sp³-hybridized carbons (Fsp3) is 0.0500. The Hall–Kier alpha value is -3.32. The quantitative estimate of drug-likeness (QED) is 0.498. The normalized spacial score (nSPS) is 14.2. The molecule has 0 aliphatic carbocycles. The second-order valence-electron chi connectivity index (χ2n) is 6.23. The lowest BCUT2D eigenvalue weighted by Crippen LogP contribution is -2.16. The molecule has 3 aromatic carbocycles. The van der Waals surface area contributed by atoms with Crippen LogP contribution in [0.25, 0.3) is 21.8 Å². The van der Waals surface area contributed by atoms with E-state index in [0.717, 1.165) is 38.5 Å². The smallest absolute Gasteiger partial charge is 0.323 e. The van der Waals surface area contributed by atoms with Crippen LogP contribution in [-0.2, 0) is 0 Å². The van der Waals surface area contributed by atoms with Crippen molar-refractivity contribution < 1.29 is 0 Å². The Labute approximate surface area is 158 Å². The molecule has 0 unspecified atom stereocenters. The third kappa shape index (κ3) is 3.02. The highest BCUT2D eigenvalue weighted by Crippen LogP contribution is 2.25. The van der Waals surface area contributed by atoms with Gasteiger partial charge in [0.1, 0.15) is 0 Å². The molecule has 6 nitrogen and oxygen atoms in total. The van der Waals surface area contributed by atoms with E-state index in [4.69, 9.17) is 0 Å². The summed E-state index contributed by atoms with van der Waals surface area (Å²) in [6, 6.07) is 20.2. The molecule has 132 valence electrons. The molecule has 0 bridgehead atoms.